The molecule has 0 aromatic heterocycles. The standard InChI is InChI=1S/C13H19N/c1-9(2)14-13-7-5-11-8-10(3)4-6-12(11)13/h4,6,8-9,13-14H,5,7H2,1-3H3. The van der Waals surface area contributed by atoms with Crippen LogP contribution >= 0.6 is 0 Å². The predicted molar refractivity (Wildman–Crippen MR) is 60.5 cm³/mol. The van der Waals surface area contributed by atoms with Crippen LogP contribution in [0.1, 0.15) is 43.0 Å². The van der Waals surface area contributed by atoms with Crippen molar-refractivity contribution < 1.29 is 0 Å². The summed E-state index contributed by atoms with van der Waals surface area (Å²) in [4.78, 5) is 0. The molecule has 14 heavy (non-hydrogen) atoms. The van der Waals surface area contributed by atoms with E-state index in [9.17, 15) is 0 Å². The highest BCUT2D eigenvalue weighted by Crippen LogP contribution is 2.31. The molecule has 0 aliphatic heterocycles. The van der Waals surface area contributed by atoms with Crippen LogP contribution in [-0.2, 0) is 6.42 Å². The maximum Gasteiger partial charge on any atom is 0.0328 e. The Morgan fingerprint density at radius 1 is 1.36 bits per heavy atom. The molecule has 0 heterocycles. The van der Waals surface area contributed by atoms with Gasteiger partial charge in [0, 0.05) is 12.1 Å². The Hall–Kier alpha value is -0.820. The van der Waals surface area contributed by atoms with E-state index in [4.69, 9.17) is 0 Å². The predicted octanol–water partition coefficient (Wildman–Crippen LogP) is 2.98. The maximum absolute atomic E-state index is 3.62. The summed E-state index contributed by atoms with van der Waals surface area (Å²) < 4.78 is 0. The van der Waals surface area contributed by atoms with Crippen LogP contribution < -0.4 is 5.32 Å². The number of nitrogens with one attached hydrogen (secondary N) is 1. The second kappa shape index (κ2) is 3.74. The monoisotopic (exact) mass is 189 g/mol. The fourth-order valence-corrected chi connectivity index (χ4v) is 2.32. The van der Waals surface area contributed by atoms with Crippen LogP contribution in [-0.4, -0.2) is 6.04 Å². The van der Waals surface area contributed by atoms with E-state index >= 15 is 0 Å². The SMILES string of the molecule is Cc1ccc2c(c1)CCC2NC(C)C. The summed E-state index contributed by atoms with van der Waals surface area (Å²) in [7, 11) is 0. The molecule has 0 fully saturated rings. The van der Waals surface area contributed by atoms with Gasteiger partial charge in [0.25, 0.3) is 0 Å². The zero-order chi connectivity index (χ0) is 10.1. The first-order chi connectivity index (χ1) is 6.66. The maximum atomic E-state index is 3.62. The lowest BCUT2D eigenvalue weighted by molar-refractivity contribution is 0.475. The van der Waals surface area contributed by atoms with Crippen LogP contribution in [0.5, 0.6) is 0 Å². The Bertz CT molecular complexity index is 328. The molecular formula is C13H19N. The molecule has 0 amide bonds. The molecule has 76 valence electrons. The summed E-state index contributed by atoms with van der Waals surface area (Å²) in [6.45, 7) is 6.60. The van der Waals surface area contributed by atoms with Crippen LogP contribution in [0.25, 0.3) is 0 Å². The van der Waals surface area contributed by atoms with Gasteiger partial charge in [-0.1, -0.05) is 37.6 Å². The van der Waals surface area contributed by atoms with E-state index in [0.717, 1.165) is 0 Å². The number of benzene rings is 1. The average molecular weight is 189 g/mol. The third-order valence-corrected chi connectivity index (χ3v) is 2.91. The van der Waals surface area contributed by atoms with E-state index in [-0.39, 0.29) is 0 Å². The van der Waals surface area contributed by atoms with Crippen molar-refractivity contribution in [2.45, 2.75) is 45.7 Å². The number of hydrogen-bond donors (Lipinski definition) is 1. The van der Waals surface area contributed by atoms with Gasteiger partial charge >= 0.3 is 0 Å². The van der Waals surface area contributed by atoms with Crippen molar-refractivity contribution in [3.63, 3.8) is 0 Å². The lowest BCUT2D eigenvalue weighted by Crippen LogP contribution is -2.26. The van der Waals surface area contributed by atoms with E-state index in [0.29, 0.717) is 12.1 Å². The van der Waals surface area contributed by atoms with Crippen molar-refractivity contribution >= 4 is 0 Å². The molecule has 0 radical (unpaired) electrons. The summed E-state index contributed by atoms with van der Waals surface area (Å²) in [6.07, 6.45) is 2.50. The van der Waals surface area contributed by atoms with Gasteiger partial charge in [-0.15, -0.1) is 0 Å². The molecule has 1 N–H and O–H groups in total. The zero-order valence-corrected chi connectivity index (χ0v) is 9.30. The molecule has 0 saturated carbocycles. The van der Waals surface area contributed by atoms with Gasteiger partial charge in [0.1, 0.15) is 0 Å². The Labute approximate surface area is 86.5 Å². The van der Waals surface area contributed by atoms with Crippen molar-refractivity contribution in [1.82, 2.24) is 5.32 Å². The first-order valence-corrected chi connectivity index (χ1v) is 5.52. The number of aryl methyl sites for hydroxylation is 2. The van der Waals surface area contributed by atoms with Crippen LogP contribution in [0.4, 0.5) is 0 Å². The van der Waals surface area contributed by atoms with Crippen LogP contribution in [0.3, 0.4) is 0 Å². The summed E-state index contributed by atoms with van der Waals surface area (Å²) in [6, 6.07) is 8.01. The van der Waals surface area contributed by atoms with E-state index in [2.05, 4.69) is 44.3 Å². The molecule has 1 aliphatic carbocycles. The first-order valence-electron chi connectivity index (χ1n) is 5.52. The van der Waals surface area contributed by atoms with Crippen LogP contribution in [0, 0.1) is 6.92 Å². The van der Waals surface area contributed by atoms with Gasteiger partial charge in [-0.2, -0.15) is 0 Å². The molecule has 0 saturated heterocycles. The number of rotatable bonds is 2. The van der Waals surface area contributed by atoms with Gasteiger partial charge in [0.15, 0.2) is 0 Å². The molecule has 0 bridgehead atoms. The largest absolute Gasteiger partial charge is 0.308 e. The zero-order valence-electron chi connectivity index (χ0n) is 9.30. The average Bonchev–Trinajstić information content (AvgIpc) is 2.47. The molecule has 2 rings (SSSR count). The topological polar surface area (TPSA) is 12.0 Å². The van der Waals surface area contributed by atoms with Crippen molar-refractivity contribution in [1.29, 1.82) is 0 Å². The third kappa shape index (κ3) is 1.83. The second-order valence-corrected chi connectivity index (χ2v) is 4.61. The van der Waals surface area contributed by atoms with E-state index in [1.165, 1.54) is 24.0 Å². The van der Waals surface area contributed by atoms with E-state index in [1.807, 2.05) is 0 Å². The highest BCUT2D eigenvalue weighted by molar-refractivity contribution is 5.37. The minimum absolute atomic E-state index is 0.576. The van der Waals surface area contributed by atoms with Gasteiger partial charge in [-0.05, 0) is 30.9 Å². The smallest absolute Gasteiger partial charge is 0.0328 e. The van der Waals surface area contributed by atoms with E-state index < -0.39 is 0 Å². The van der Waals surface area contributed by atoms with Crippen LogP contribution in [0.2, 0.25) is 0 Å². The fraction of sp³-hybridized carbons (Fsp3) is 0.538. The van der Waals surface area contributed by atoms with Crippen molar-refractivity contribution in [3.05, 3.63) is 34.9 Å². The van der Waals surface area contributed by atoms with E-state index in [1.54, 1.807) is 5.56 Å². The lowest BCUT2D eigenvalue weighted by Gasteiger charge is -2.17. The minimum atomic E-state index is 0.576. The molecule has 1 aliphatic rings. The van der Waals surface area contributed by atoms with Gasteiger partial charge < -0.3 is 5.32 Å². The number of hydrogen-bond acceptors (Lipinski definition) is 1. The van der Waals surface area contributed by atoms with Gasteiger partial charge in [-0.3, -0.25) is 0 Å². The summed E-state index contributed by atoms with van der Waals surface area (Å²) >= 11 is 0. The Kier molecular flexibility index (Phi) is 2.60. The highest BCUT2D eigenvalue weighted by Gasteiger charge is 2.22. The van der Waals surface area contributed by atoms with Crippen LogP contribution in [0.15, 0.2) is 18.2 Å². The fourth-order valence-electron chi connectivity index (χ4n) is 2.32. The second-order valence-electron chi connectivity index (χ2n) is 4.61. The summed E-state index contributed by atoms with van der Waals surface area (Å²) in [5, 5.41) is 3.62. The minimum Gasteiger partial charge on any atom is -0.308 e. The normalized spacial score (nSPS) is 20.1. The number of fused-ring (bicyclic) bond motifs is 1. The van der Waals surface area contributed by atoms with Crippen molar-refractivity contribution in [2.75, 3.05) is 0 Å². The molecule has 1 nitrogen and oxygen atoms in total. The van der Waals surface area contributed by atoms with Crippen molar-refractivity contribution in [3.8, 4) is 0 Å². The van der Waals surface area contributed by atoms with Crippen molar-refractivity contribution in [2.24, 2.45) is 0 Å². The Balaban J connectivity index is 2.22. The molecule has 1 aromatic rings. The van der Waals surface area contributed by atoms with Gasteiger partial charge in [0.05, 0.1) is 0 Å². The lowest BCUT2D eigenvalue weighted by atomic mass is 10.1. The summed E-state index contributed by atoms with van der Waals surface area (Å²) in [5.74, 6) is 0. The molecule has 0 spiro atoms. The summed E-state index contributed by atoms with van der Waals surface area (Å²) in [5.41, 5.74) is 4.45. The molecule has 1 aromatic carbocycles. The Morgan fingerprint density at radius 2 is 2.14 bits per heavy atom. The molecule has 1 heteroatoms. The third-order valence-electron chi connectivity index (χ3n) is 2.91. The molecular weight excluding hydrogens is 170 g/mol. The van der Waals surface area contributed by atoms with Gasteiger partial charge in [-0.25, -0.2) is 0 Å². The first kappa shape index (κ1) is 9.72. The Morgan fingerprint density at radius 3 is 2.86 bits per heavy atom. The highest BCUT2D eigenvalue weighted by atomic mass is 14.9. The quantitative estimate of drug-likeness (QED) is 0.754. The molecule has 1 unspecified atom stereocenters. The van der Waals surface area contributed by atoms with Gasteiger partial charge in [0.2, 0.25) is 0 Å². The molecule has 1 atom stereocenters.